The molecule has 0 radical (unpaired) electrons. The summed E-state index contributed by atoms with van der Waals surface area (Å²) in [6, 6.07) is 5.24. The van der Waals surface area contributed by atoms with Gasteiger partial charge in [-0.3, -0.25) is 9.25 Å². The molecule has 11 heterocycles. The predicted octanol–water partition coefficient (Wildman–Crippen LogP) is 16.0. The Morgan fingerprint density at radius 3 is 1.57 bits per heavy atom. The SMILES string of the molecule is CC(C)c1cc2n(n1)CCC2C(C)C.CC(C)c1cn2c(n1)CCC2C(C)C.CC(C)c1cn2c(n1)OCC2C(C)C.CC(C)c1cnc2n1C(C(C)C)CC2.CC(C)c1nc2n(n1)CCC2C(C)C.CC(C)c1nnn(C(C)C)n1. The Labute approximate surface area is 489 Å². The molecule has 16 nitrogen and oxygen atoms in total. The van der Waals surface area contributed by atoms with E-state index in [1.54, 1.807) is 4.80 Å². The molecule has 0 saturated carbocycles. The summed E-state index contributed by atoms with van der Waals surface area (Å²) in [5.41, 5.74) is 6.51. The van der Waals surface area contributed by atoms with E-state index < -0.39 is 0 Å². The van der Waals surface area contributed by atoms with Crippen molar-refractivity contribution in [2.75, 3.05) is 6.61 Å². The molecule has 81 heavy (non-hydrogen) atoms. The summed E-state index contributed by atoms with van der Waals surface area (Å²) in [6.07, 6.45) is 13.8. The zero-order valence-electron chi connectivity index (χ0n) is 55.1. The van der Waals surface area contributed by atoms with Crippen LogP contribution in [0.5, 0.6) is 6.01 Å². The summed E-state index contributed by atoms with van der Waals surface area (Å²) in [6.45, 7) is 55.9. The topological polar surface area (TPSA) is 155 Å². The van der Waals surface area contributed by atoms with Crippen molar-refractivity contribution in [1.29, 1.82) is 0 Å². The Morgan fingerprint density at radius 2 is 1.04 bits per heavy atom. The minimum atomic E-state index is 0.301. The number of tetrazole rings is 1. The van der Waals surface area contributed by atoms with E-state index in [1.165, 1.54) is 65.9 Å². The fraction of sp³-hybridized carbons (Fsp3) is 0.769. The average Bonchev–Trinajstić information content (AvgIpc) is 4.20. The highest BCUT2D eigenvalue weighted by Crippen LogP contribution is 2.38. The molecule has 5 aliphatic heterocycles. The number of hydrogen-bond donors (Lipinski definition) is 0. The lowest BCUT2D eigenvalue weighted by molar-refractivity contribution is 0.284. The van der Waals surface area contributed by atoms with E-state index in [1.807, 2.05) is 13.8 Å². The first-order valence-electron chi connectivity index (χ1n) is 31.8. The van der Waals surface area contributed by atoms with Gasteiger partial charge in [0.25, 0.3) is 6.01 Å². The number of rotatable bonds is 12. The average molecular weight is 1120 g/mol. The van der Waals surface area contributed by atoms with Crippen LogP contribution in [0.4, 0.5) is 0 Å². The van der Waals surface area contributed by atoms with Crippen LogP contribution in [0.3, 0.4) is 0 Å². The number of imidazole rings is 3. The fourth-order valence-electron chi connectivity index (χ4n) is 11.6. The predicted molar refractivity (Wildman–Crippen MR) is 330 cm³/mol. The first kappa shape index (κ1) is 65.0. The van der Waals surface area contributed by atoms with E-state index in [-0.39, 0.29) is 0 Å². The normalized spacial score (nSPS) is 19.5. The van der Waals surface area contributed by atoms with Crippen molar-refractivity contribution in [2.45, 2.75) is 289 Å². The van der Waals surface area contributed by atoms with E-state index in [9.17, 15) is 0 Å². The molecule has 0 fully saturated rings. The number of aryl methyl sites for hydroxylation is 4. The highest BCUT2D eigenvalue weighted by Gasteiger charge is 2.32. The third-order valence-electron chi connectivity index (χ3n) is 17.0. The van der Waals surface area contributed by atoms with Crippen molar-refractivity contribution in [3.05, 3.63) is 82.2 Å². The molecule has 5 atom stereocenters. The molecule has 0 saturated heterocycles. The van der Waals surface area contributed by atoms with Crippen LogP contribution in [-0.2, 0) is 25.9 Å². The second-order valence-corrected chi connectivity index (χ2v) is 27.7. The summed E-state index contributed by atoms with van der Waals surface area (Å²) >= 11 is 0. The van der Waals surface area contributed by atoms with Crippen molar-refractivity contribution < 1.29 is 4.74 Å². The van der Waals surface area contributed by atoms with Gasteiger partial charge < -0.3 is 13.9 Å². The molecule has 6 aromatic heterocycles. The van der Waals surface area contributed by atoms with E-state index in [0.717, 1.165) is 79.6 Å². The van der Waals surface area contributed by atoms with Crippen LogP contribution in [0.25, 0.3) is 0 Å². The molecule has 11 rings (SSSR count). The monoisotopic (exact) mass is 1120 g/mol. The summed E-state index contributed by atoms with van der Waals surface area (Å²) in [5, 5.41) is 21.2. The molecule has 0 aromatic carbocycles. The molecule has 0 aliphatic carbocycles. The van der Waals surface area contributed by atoms with Gasteiger partial charge in [0.1, 0.15) is 24.1 Å². The minimum absolute atomic E-state index is 0.301. The van der Waals surface area contributed by atoms with Gasteiger partial charge in [-0.25, -0.2) is 24.6 Å². The smallest absolute Gasteiger partial charge is 0.296 e. The van der Waals surface area contributed by atoms with Crippen molar-refractivity contribution in [1.82, 2.24) is 73.4 Å². The zero-order chi connectivity index (χ0) is 59.9. The summed E-state index contributed by atoms with van der Waals surface area (Å²) in [5.74, 6) is 13.5. The van der Waals surface area contributed by atoms with Crippen molar-refractivity contribution in [2.24, 2.45) is 29.6 Å². The minimum Gasteiger partial charge on any atom is -0.462 e. The summed E-state index contributed by atoms with van der Waals surface area (Å²) < 4.78 is 16.9. The molecule has 5 unspecified atom stereocenters. The molecule has 0 spiro atoms. The highest BCUT2D eigenvalue weighted by molar-refractivity contribution is 5.21. The number of nitrogens with zero attached hydrogens (tertiary/aromatic N) is 15. The molecule has 0 N–H and O–H groups in total. The Kier molecular flexibility index (Phi) is 22.8. The van der Waals surface area contributed by atoms with Crippen LogP contribution in [0, 0.1) is 29.6 Å². The maximum Gasteiger partial charge on any atom is 0.296 e. The Bertz CT molecular complexity index is 2550. The maximum absolute atomic E-state index is 5.56. The van der Waals surface area contributed by atoms with E-state index in [4.69, 9.17) is 4.74 Å². The third-order valence-corrected chi connectivity index (χ3v) is 17.0. The molecular weight excluding hydrogens is 1010 g/mol. The van der Waals surface area contributed by atoms with Crippen LogP contribution in [0.15, 0.2) is 24.7 Å². The van der Waals surface area contributed by atoms with Crippen LogP contribution in [-0.4, -0.2) is 80.0 Å². The second-order valence-electron chi connectivity index (χ2n) is 27.7. The van der Waals surface area contributed by atoms with Gasteiger partial charge in [-0.2, -0.15) is 15.0 Å². The van der Waals surface area contributed by atoms with Crippen molar-refractivity contribution in [3.63, 3.8) is 0 Å². The van der Waals surface area contributed by atoms with Crippen molar-refractivity contribution in [3.8, 4) is 6.01 Å². The standard InChI is InChI=1S/3C12H20N2.C11H19N3.C11H18N2O.C7H14N4/c1-8(2)10-7-14-11(9(3)4)5-6-12(14)13-10;1-8(2)10-5-6-14-12(10)7-11(13-14)9(3)4;1-8(2)10-5-6-12-13-7-11(9(3)4)14(10)12;1-7(2)9-5-6-14-11(9)12-10(13-14)8(3)4;1-7(2)9-5-13-10(8(3)4)6-14-11(13)12-9;1-5(2)7-8-10-11(9-7)6(3)4/h7-9,11H,5-6H2,1-4H3;2*7-10H,5-6H2,1-4H3;7-9H,5-6H2,1-4H3;5,7-8,10H,6H2,1-4H3;5-6H,1-4H3. The highest BCUT2D eigenvalue weighted by atomic mass is 16.5. The summed E-state index contributed by atoms with van der Waals surface area (Å²) in [4.78, 5) is 19.9. The van der Waals surface area contributed by atoms with Crippen LogP contribution in [0.1, 0.15) is 321 Å². The van der Waals surface area contributed by atoms with E-state index in [2.05, 4.69) is 246 Å². The maximum atomic E-state index is 5.56. The van der Waals surface area contributed by atoms with Crippen LogP contribution >= 0.6 is 0 Å². The van der Waals surface area contributed by atoms with E-state index >= 15 is 0 Å². The quantitative estimate of drug-likeness (QED) is 0.116. The first-order valence-corrected chi connectivity index (χ1v) is 31.8. The number of fused-ring (bicyclic) bond motifs is 5. The van der Waals surface area contributed by atoms with Gasteiger partial charge in [0.15, 0.2) is 11.6 Å². The molecule has 0 bridgehead atoms. The van der Waals surface area contributed by atoms with Gasteiger partial charge in [-0.15, -0.1) is 10.2 Å². The number of hydrogen-bond acceptors (Lipinski definition) is 10. The largest absolute Gasteiger partial charge is 0.462 e. The Morgan fingerprint density at radius 1 is 0.481 bits per heavy atom. The van der Waals surface area contributed by atoms with E-state index in [0.29, 0.717) is 77.4 Å². The lowest BCUT2D eigenvalue weighted by Gasteiger charge is -2.21. The third kappa shape index (κ3) is 15.9. The molecule has 5 aliphatic rings. The molecule has 0 amide bonds. The lowest BCUT2D eigenvalue weighted by atomic mass is 9.91. The molecule has 6 aromatic rings. The number of aromatic nitrogens is 15. The van der Waals surface area contributed by atoms with Gasteiger partial charge in [0, 0.05) is 91.7 Å². The summed E-state index contributed by atoms with van der Waals surface area (Å²) in [7, 11) is 0. The fourth-order valence-corrected chi connectivity index (χ4v) is 11.6. The Hall–Kier alpha value is -5.15. The number of ether oxygens (including phenoxy) is 1. The zero-order valence-corrected chi connectivity index (χ0v) is 55.1. The Balaban J connectivity index is 0.000000157. The van der Waals surface area contributed by atoms with Crippen molar-refractivity contribution >= 4 is 0 Å². The molecule has 452 valence electrons. The van der Waals surface area contributed by atoms with Gasteiger partial charge in [0.2, 0.25) is 0 Å². The van der Waals surface area contributed by atoms with Gasteiger partial charge >= 0.3 is 0 Å². The van der Waals surface area contributed by atoms with Gasteiger partial charge in [-0.1, -0.05) is 152 Å². The first-order chi connectivity index (χ1) is 38.1. The molecular formula is C65H111N15O. The van der Waals surface area contributed by atoms with Gasteiger partial charge in [0.05, 0.1) is 29.2 Å². The lowest BCUT2D eigenvalue weighted by Crippen LogP contribution is -2.14. The van der Waals surface area contributed by atoms with Gasteiger partial charge in [-0.05, 0) is 104 Å². The van der Waals surface area contributed by atoms with Crippen LogP contribution in [0.2, 0.25) is 0 Å². The molecule has 16 heteroatoms. The second kappa shape index (κ2) is 28.4. The van der Waals surface area contributed by atoms with Crippen LogP contribution < -0.4 is 4.74 Å².